The average Bonchev–Trinajstić information content (AvgIpc) is 2.70. The van der Waals surface area contributed by atoms with Gasteiger partial charge in [-0.05, 0) is 19.8 Å². The van der Waals surface area contributed by atoms with E-state index >= 15 is 0 Å². The number of unbranched alkanes of at least 4 members (excludes halogenated alkanes) is 1. The Morgan fingerprint density at radius 3 is 3.00 bits per heavy atom. The van der Waals surface area contributed by atoms with Gasteiger partial charge in [0.1, 0.15) is 0 Å². The van der Waals surface area contributed by atoms with Gasteiger partial charge in [0.05, 0.1) is 6.33 Å². The second-order valence-electron chi connectivity index (χ2n) is 3.87. The highest BCUT2D eigenvalue weighted by atomic mass is 35.5. The Morgan fingerprint density at radius 1 is 1.56 bits per heavy atom. The number of amides is 1. The third kappa shape index (κ3) is 5.16. The molecule has 90 valence electrons. The molecule has 4 nitrogen and oxygen atoms in total. The summed E-state index contributed by atoms with van der Waals surface area (Å²) in [4.78, 5) is 15.4. The summed E-state index contributed by atoms with van der Waals surface area (Å²) in [7, 11) is 0. The number of rotatable bonds is 7. The van der Waals surface area contributed by atoms with E-state index in [4.69, 9.17) is 11.6 Å². The van der Waals surface area contributed by atoms with Crippen LogP contribution in [0.3, 0.4) is 0 Å². The van der Waals surface area contributed by atoms with Crippen LogP contribution in [0.2, 0.25) is 0 Å². The van der Waals surface area contributed by atoms with E-state index in [1.54, 1.807) is 12.5 Å². The molecule has 1 amide bonds. The molecule has 1 aromatic rings. The lowest BCUT2D eigenvalue weighted by Crippen LogP contribution is -2.35. The molecule has 1 unspecified atom stereocenters. The number of nitrogens with one attached hydrogen (secondary N) is 1. The van der Waals surface area contributed by atoms with Crippen molar-refractivity contribution < 1.29 is 4.79 Å². The van der Waals surface area contributed by atoms with Gasteiger partial charge >= 0.3 is 0 Å². The Bertz CT molecular complexity index is 300. The number of alkyl halides is 1. The zero-order chi connectivity index (χ0) is 11.8. The normalized spacial score (nSPS) is 12.4. The third-order valence-electron chi connectivity index (χ3n) is 2.24. The summed E-state index contributed by atoms with van der Waals surface area (Å²) in [5.74, 6) is 0.718. The number of imidazole rings is 1. The predicted molar refractivity (Wildman–Crippen MR) is 64.4 cm³/mol. The van der Waals surface area contributed by atoms with Gasteiger partial charge in [-0.2, -0.15) is 0 Å². The molecule has 0 aliphatic heterocycles. The number of halogens is 1. The second-order valence-corrected chi connectivity index (χ2v) is 4.25. The van der Waals surface area contributed by atoms with E-state index in [9.17, 15) is 4.79 Å². The molecule has 0 bridgehead atoms. The molecule has 1 heterocycles. The quantitative estimate of drug-likeness (QED) is 0.586. The molecular formula is C11H18ClN3O. The summed E-state index contributed by atoms with van der Waals surface area (Å²) in [5.41, 5.74) is 0. The first-order chi connectivity index (χ1) is 7.72. The maximum Gasteiger partial charge on any atom is 0.220 e. The van der Waals surface area contributed by atoms with Crippen molar-refractivity contribution in [2.45, 2.75) is 38.8 Å². The van der Waals surface area contributed by atoms with Crippen molar-refractivity contribution >= 4 is 17.5 Å². The summed E-state index contributed by atoms with van der Waals surface area (Å²) >= 11 is 5.54. The van der Waals surface area contributed by atoms with Gasteiger partial charge < -0.3 is 9.88 Å². The molecule has 0 aliphatic rings. The third-order valence-corrected chi connectivity index (χ3v) is 2.51. The zero-order valence-electron chi connectivity index (χ0n) is 9.53. The van der Waals surface area contributed by atoms with E-state index in [-0.39, 0.29) is 11.9 Å². The minimum Gasteiger partial charge on any atom is -0.352 e. The fourth-order valence-corrected chi connectivity index (χ4v) is 1.67. The molecule has 0 fully saturated rings. The smallest absolute Gasteiger partial charge is 0.220 e. The van der Waals surface area contributed by atoms with E-state index in [2.05, 4.69) is 10.3 Å². The number of carbonyl (C=O) groups excluding carboxylic acids is 1. The molecule has 0 spiro atoms. The summed E-state index contributed by atoms with van der Waals surface area (Å²) in [6.45, 7) is 2.74. The Balaban J connectivity index is 2.18. The number of hydrogen-bond donors (Lipinski definition) is 1. The van der Waals surface area contributed by atoms with Crippen LogP contribution < -0.4 is 5.32 Å². The van der Waals surface area contributed by atoms with E-state index in [1.165, 1.54) is 0 Å². The molecule has 0 saturated heterocycles. The fraction of sp³-hybridized carbons (Fsp3) is 0.636. The Morgan fingerprint density at radius 2 is 2.38 bits per heavy atom. The molecule has 0 aromatic carbocycles. The van der Waals surface area contributed by atoms with Crippen molar-refractivity contribution in [2.75, 3.05) is 5.88 Å². The van der Waals surface area contributed by atoms with Gasteiger partial charge in [-0.15, -0.1) is 11.6 Å². The highest BCUT2D eigenvalue weighted by Crippen LogP contribution is 1.98. The maximum atomic E-state index is 11.5. The molecule has 5 heteroatoms. The molecule has 1 rings (SSSR count). The number of hydrogen-bond acceptors (Lipinski definition) is 2. The predicted octanol–water partition coefficient (Wildman–Crippen LogP) is 1.80. The standard InChI is InChI=1S/C11H18ClN3O/c1-10(8-15-7-6-13-9-15)14-11(16)4-2-3-5-12/h6-7,9-10H,2-5,8H2,1H3,(H,14,16). The Hall–Kier alpha value is -1.03. The van der Waals surface area contributed by atoms with E-state index in [0.717, 1.165) is 19.4 Å². The Kier molecular flexibility index (Phi) is 5.93. The molecule has 1 N–H and O–H groups in total. The highest BCUT2D eigenvalue weighted by Gasteiger charge is 2.07. The first-order valence-corrected chi connectivity index (χ1v) is 6.07. The van der Waals surface area contributed by atoms with Gasteiger partial charge in [0.25, 0.3) is 0 Å². The van der Waals surface area contributed by atoms with Crippen LogP contribution >= 0.6 is 11.6 Å². The van der Waals surface area contributed by atoms with Crippen molar-refractivity contribution in [3.63, 3.8) is 0 Å². The number of nitrogens with zero attached hydrogens (tertiary/aromatic N) is 2. The van der Waals surface area contributed by atoms with Crippen molar-refractivity contribution in [3.05, 3.63) is 18.7 Å². The maximum absolute atomic E-state index is 11.5. The van der Waals surface area contributed by atoms with Crippen molar-refractivity contribution in [2.24, 2.45) is 0 Å². The van der Waals surface area contributed by atoms with Gasteiger partial charge in [0.2, 0.25) is 5.91 Å². The van der Waals surface area contributed by atoms with Crippen molar-refractivity contribution in [1.82, 2.24) is 14.9 Å². The fourth-order valence-electron chi connectivity index (χ4n) is 1.48. The van der Waals surface area contributed by atoms with Gasteiger partial charge in [-0.3, -0.25) is 4.79 Å². The molecule has 16 heavy (non-hydrogen) atoms. The van der Waals surface area contributed by atoms with Crippen LogP contribution in [0.4, 0.5) is 0 Å². The molecule has 0 aliphatic carbocycles. The van der Waals surface area contributed by atoms with Gasteiger partial charge in [0.15, 0.2) is 0 Å². The first kappa shape index (κ1) is 13.0. The van der Waals surface area contributed by atoms with Crippen LogP contribution in [0.1, 0.15) is 26.2 Å². The van der Waals surface area contributed by atoms with Crippen LogP contribution in [-0.4, -0.2) is 27.4 Å². The molecule has 1 aromatic heterocycles. The van der Waals surface area contributed by atoms with Gasteiger partial charge in [-0.1, -0.05) is 0 Å². The topological polar surface area (TPSA) is 46.9 Å². The van der Waals surface area contributed by atoms with Crippen molar-refractivity contribution in [3.8, 4) is 0 Å². The molecular weight excluding hydrogens is 226 g/mol. The van der Waals surface area contributed by atoms with Crippen molar-refractivity contribution in [1.29, 1.82) is 0 Å². The summed E-state index contributed by atoms with van der Waals surface area (Å²) < 4.78 is 1.95. The molecule has 0 radical (unpaired) electrons. The molecule has 1 atom stereocenters. The monoisotopic (exact) mass is 243 g/mol. The summed E-state index contributed by atoms with van der Waals surface area (Å²) in [6.07, 6.45) is 7.67. The average molecular weight is 244 g/mol. The highest BCUT2D eigenvalue weighted by molar-refractivity contribution is 6.17. The van der Waals surface area contributed by atoms with Crippen LogP contribution in [0.25, 0.3) is 0 Å². The van der Waals surface area contributed by atoms with Crippen LogP contribution in [0, 0.1) is 0 Å². The minimum atomic E-state index is 0.0951. The van der Waals surface area contributed by atoms with Gasteiger partial charge in [-0.25, -0.2) is 4.98 Å². The molecule has 0 saturated carbocycles. The second kappa shape index (κ2) is 7.28. The van der Waals surface area contributed by atoms with Gasteiger partial charge in [0, 0.05) is 37.3 Å². The summed E-state index contributed by atoms with van der Waals surface area (Å²) in [6, 6.07) is 0.123. The van der Waals surface area contributed by atoms with E-state index < -0.39 is 0 Å². The largest absolute Gasteiger partial charge is 0.352 e. The number of aromatic nitrogens is 2. The minimum absolute atomic E-state index is 0.0951. The first-order valence-electron chi connectivity index (χ1n) is 5.53. The Labute approximate surface area is 101 Å². The summed E-state index contributed by atoms with van der Waals surface area (Å²) in [5, 5.41) is 2.95. The lowest BCUT2D eigenvalue weighted by atomic mass is 10.2. The number of carbonyl (C=O) groups is 1. The van der Waals surface area contributed by atoms with Crippen LogP contribution in [0.15, 0.2) is 18.7 Å². The van der Waals surface area contributed by atoms with E-state index in [0.29, 0.717) is 12.3 Å². The van der Waals surface area contributed by atoms with Crippen LogP contribution in [-0.2, 0) is 11.3 Å². The zero-order valence-corrected chi connectivity index (χ0v) is 10.3. The lowest BCUT2D eigenvalue weighted by Gasteiger charge is -2.14. The lowest BCUT2D eigenvalue weighted by molar-refractivity contribution is -0.121. The van der Waals surface area contributed by atoms with E-state index in [1.807, 2.05) is 17.7 Å². The SMILES string of the molecule is CC(Cn1ccnc1)NC(=O)CCCCCl. The van der Waals surface area contributed by atoms with Crippen LogP contribution in [0.5, 0.6) is 0 Å².